The maximum absolute atomic E-state index is 12.5. The van der Waals surface area contributed by atoms with Crippen LogP contribution in [-0.2, 0) is 0 Å². The lowest BCUT2D eigenvalue weighted by Crippen LogP contribution is -2.47. The fourth-order valence-electron chi connectivity index (χ4n) is 2.79. The molecule has 0 aliphatic heterocycles. The van der Waals surface area contributed by atoms with E-state index in [1.165, 1.54) is 14.1 Å². The summed E-state index contributed by atoms with van der Waals surface area (Å²) in [6.07, 6.45) is 0. The number of hydrogen-bond donors (Lipinski definition) is 4. The Hall–Kier alpha value is -4.41. The number of carbonyl (C=O) groups is 3. The van der Waals surface area contributed by atoms with E-state index < -0.39 is 18.1 Å². The van der Waals surface area contributed by atoms with Crippen LogP contribution in [0.25, 0.3) is 22.1 Å². The summed E-state index contributed by atoms with van der Waals surface area (Å²) in [5.74, 6) is 0.380. The fraction of sp³-hybridized carbons (Fsp3) is 0.105. The number of nitrogens with one attached hydrogen (secondary N) is 4. The normalized spacial score (nSPS) is 10.7. The van der Waals surface area contributed by atoms with Crippen molar-refractivity contribution in [3.63, 3.8) is 0 Å². The molecule has 30 heavy (non-hydrogen) atoms. The summed E-state index contributed by atoms with van der Waals surface area (Å²) >= 11 is 0. The molecule has 0 aliphatic rings. The predicted molar refractivity (Wildman–Crippen MR) is 111 cm³/mol. The first kappa shape index (κ1) is 18.9. The Morgan fingerprint density at radius 1 is 0.733 bits per heavy atom. The number of urea groups is 3. The van der Waals surface area contributed by atoms with E-state index in [9.17, 15) is 14.4 Å². The molecule has 0 radical (unpaired) electrons. The molecule has 0 saturated heterocycles. The number of aromatic nitrogens is 4. The molecule has 0 atom stereocenters. The zero-order chi connectivity index (χ0) is 21.3. The van der Waals surface area contributed by atoms with Crippen LogP contribution in [0.15, 0.2) is 48.5 Å². The van der Waals surface area contributed by atoms with Gasteiger partial charge < -0.3 is 9.97 Å². The van der Waals surface area contributed by atoms with Crippen LogP contribution in [0.4, 0.5) is 26.3 Å². The van der Waals surface area contributed by atoms with Gasteiger partial charge in [0.05, 0.1) is 22.1 Å². The molecule has 2 aromatic carbocycles. The second kappa shape index (κ2) is 7.54. The molecule has 0 spiro atoms. The van der Waals surface area contributed by atoms with Gasteiger partial charge in [-0.05, 0) is 24.3 Å². The van der Waals surface area contributed by atoms with E-state index in [4.69, 9.17) is 0 Å². The minimum absolute atomic E-state index is 0.190. The molecular formula is C19H18N8O3. The molecule has 4 aromatic rings. The van der Waals surface area contributed by atoms with Gasteiger partial charge in [-0.25, -0.2) is 34.2 Å². The molecule has 2 aromatic heterocycles. The molecule has 4 N–H and O–H groups in total. The number of nitrogens with zero attached hydrogens (tertiary/aromatic N) is 4. The third-order valence-corrected chi connectivity index (χ3v) is 4.41. The molecule has 11 nitrogen and oxygen atoms in total. The van der Waals surface area contributed by atoms with Crippen LogP contribution < -0.4 is 10.6 Å². The first-order valence-electron chi connectivity index (χ1n) is 8.95. The number of amides is 6. The minimum atomic E-state index is -0.836. The highest BCUT2D eigenvalue weighted by Crippen LogP contribution is 2.15. The Balaban J connectivity index is 1.40. The molecule has 4 rings (SSSR count). The lowest BCUT2D eigenvalue weighted by atomic mass is 10.3. The average Bonchev–Trinajstić information content (AvgIpc) is 3.34. The fourth-order valence-corrected chi connectivity index (χ4v) is 2.79. The molecule has 2 heterocycles. The summed E-state index contributed by atoms with van der Waals surface area (Å²) in [6, 6.07) is 12.2. The standard InChI is InChI=1S/C19H18N8O3/c1-26(17(28)24-15-20-11-7-3-4-8-12(11)21-15)19(30)27(2)18(29)25-16-22-13-9-5-6-10-14(13)23-16/h3-10H,1-2H3,(H2,20,21,24,28)(H2,22,23,25,29). The number of fused-ring (bicyclic) bond motifs is 2. The van der Waals surface area contributed by atoms with Crippen molar-refractivity contribution in [3.8, 4) is 0 Å². The van der Waals surface area contributed by atoms with Gasteiger partial charge in [-0.2, -0.15) is 0 Å². The van der Waals surface area contributed by atoms with E-state index in [1.807, 2.05) is 36.4 Å². The summed E-state index contributed by atoms with van der Waals surface area (Å²) < 4.78 is 0. The van der Waals surface area contributed by atoms with Crippen LogP contribution in [0, 0.1) is 0 Å². The monoisotopic (exact) mass is 406 g/mol. The topological polar surface area (TPSA) is 139 Å². The summed E-state index contributed by atoms with van der Waals surface area (Å²) in [6.45, 7) is 0. The van der Waals surface area contributed by atoms with E-state index >= 15 is 0 Å². The van der Waals surface area contributed by atoms with Crippen molar-refractivity contribution in [2.24, 2.45) is 0 Å². The van der Waals surface area contributed by atoms with E-state index in [-0.39, 0.29) is 11.9 Å². The van der Waals surface area contributed by atoms with Gasteiger partial charge in [-0.1, -0.05) is 24.3 Å². The lowest BCUT2D eigenvalue weighted by molar-refractivity contribution is 0.177. The van der Waals surface area contributed by atoms with Gasteiger partial charge in [-0.3, -0.25) is 10.6 Å². The molecule has 152 valence electrons. The van der Waals surface area contributed by atoms with Crippen molar-refractivity contribution < 1.29 is 14.4 Å². The quantitative estimate of drug-likeness (QED) is 0.405. The SMILES string of the molecule is CN(C(=O)Nc1nc2ccccc2[nH]1)C(=O)N(C)C(=O)Nc1nc2ccccc2[nH]1. The second-order valence-electron chi connectivity index (χ2n) is 6.47. The van der Waals surface area contributed by atoms with Crippen LogP contribution in [-0.4, -0.2) is 61.9 Å². The van der Waals surface area contributed by atoms with Crippen LogP contribution in [0.2, 0.25) is 0 Å². The van der Waals surface area contributed by atoms with Crippen molar-refractivity contribution in [2.45, 2.75) is 0 Å². The maximum atomic E-state index is 12.5. The molecule has 6 amide bonds. The number of benzene rings is 2. The van der Waals surface area contributed by atoms with Gasteiger partial charge in [-0.15, -0.1) is 0 Å². The van der Waals surface area contributed by atoms with Crippen molar-refractivity contribution >= 4 is 52.1 Å². The zero-order valence-corrected chi connectivity index (χ0v) is 16.1. The third kappa shape index (κ3) is 3.63. The summed E-state index contributed by atoms with van der Waals surface area (Å²) in [5, 5.41) is 4.99. The van der Waals surface area contributed by atoms with Crippen molar-refractivity contribution in [1.82, 2.24) is 29.7 Å². The highest BCUT2D eigenvalue weighted by molar-refractivity contribution is 6.07. The Bertz CT molecular complexity index is 1100. The van der Waals surface area contributed by atoms with E-state index in [1.54, 1.807) is 12.1 Å². The number of imidazole rings is 2. The minimum Gasteiger partial charge on any atom is -0.324 e. The highest BCUT2D eigenvalue weighted by Gasteiger charge is 2.26. The molecule has 0 fully saturated rings. The summed E-state index contributed by atoms with van der Waals surface area (Å²) in [5.41, 5.74) is 2.82. The Morgan fingerprint density at radius 2 is 1.13 bits per heavy atom. The Morgan fingerprint density at radius 3 is 1.53 bits per heavy atom. The highest BCUT2D eigenvalue weighted by atomic mass is 16.2. The van der Waals surface area contributed by atoms with Crippen molar-refractivity contribution in [3.05, 3.63) is 48.5 Å². The molecule has 0 unspecified atom stereocenters. The summed E-state index contributed by atoms with van der Waals surface area (Å²) in [7, 11) is 2.51. The van der Waals surface area contributed by atoms with E-state index in [2.05, 4.69) is 30.6 Å². The molecule has 0 bridgehead atoms. The number of H-pyrrole nitrogens is 2. The summed E-state index contributed by atoms with van der Waals surface area (Å²) in [4.78, 5) is 53.1. The molecule has 11 heteroatoms. The van der Waals surface area contributed by atoms with Gasteiger partial charge in [0.2, 0.25) is 11.9 Å². The van der Waals surface area contributed by atoms with Crippen molar-refractivity contribution in [1.29, 1.82) is 0 Å². The number of carbonyl (C=O) groups excluding carboxylic acids is 3. The largest absolute Gasteiger partial charge is 0.335 e. The lowest BCUT2D eigenvalue weighted by Gasteiger charge is -2.21. The third-order valence-electron chi connectivity index (χ3n) is 4.41. The van der Waals surface area contributed by atoms with Crippen LogP contribution in [0.3, 0.4) is 0 Å². The molecular weight excluding hydrogens is 388 g/mol. The first-order valence-corrected chi connectivity index (χ1v) is 8.95. The maximum Gasteiger partial charge on any atom is 0.335 e. The van der Waals surface area contributed by atoms with Gasteiger partial charge in [0.1, 0.15) is 0 Å². The Kier molecular flexibility index (Phi) is 4.76. The first-order chi connectivity index (χ1) is 14.4. The Labute approximate surface area is 170 Å². The molecule has 0 aliphatic carbocycles. The van der Waals surface area contributed by atoms with Crippen LogP contribution in [0.1, 0.15) is 0 Å². The number of hydrogen-bond acceptors (Lipinski definition) is 5. The average molecular weight is 406 g/mol. The predicted octanol–water partition coefficient (Wildman–Crippen LogP) is 3.19. The number of aromatic amines is 2. The number of para-hydroxylation sites is 4. The van der Waals surface area contributed by atoms with Crippen molar-refractivity contribution in [2.75, 3.05) is 24.7 Å². The number of rotatable bonds is 2. The van der Waals surface area contributed by atoms with E-state index in [0.29, 0.717) is 11.0 Å². The number of anilines is 2. The second-order valence-corrected chi connectivity index (χ2v) is 6.47. The van der Waals surface area contributed by atoms with Gasteiger partial charge in [0.15, 0.2) is 0 Å². The van der Waals surface area contributed by atoms with Crippen LogP contribution in [0.5, 0.6) is 0 Å². The van der Waals surface area contributed by atoms with Gasteiger partial charge in [0, 0.05) is 14.1 Å². The van der Waals surface area contributed by atoms with E-state index in [0.717, 1.165) is 20.8 Å². The van der Waals surface area contributed by atoms with Gasteiger partial charge in [0.25, 0.3) is 0 Å². The van der Waals surface area contributed by atoms with Crippen LogP contribution >= 0.6 is 0 Å². The zero-order valence-electron chi connectivity index (χ0n) is 16.1. The molecule has 0 saturated carbocycles. The van der Waals surface area contributed by atoms with Gasteiger partial charge >= 0.3 is 18.1 Å². The smallest absolute Gasteiger partial charge is 0.324 e. The number of imide groups is 2.